The van der Waals surface area contributed by atoms with Crippen LogP contribution in [0.5, 0.6) is 0 Å². The minimum Gasteiger partial charge on any atom is -0.340 e. The maximum Gasteiger partial charge on any atom is 0.223 e. The van der Waals surface area contributed by atoms with Gasteiger partial charge in [-0.05, 0) is 7.05 Å². The summed E-state index contributed by atoms with van der Waals surface area (Å²) in [6.07, 6.45) is 0. The molecular weight excluding hydrogens is 168 g/mol. The maximum atomic E-state index is 4.89. The van der Waals surface area contributed by atoms with Crippen LogP contribution < -0.4 is 5.32 Å². The van der Waals surface area contributed by atoms with Gasteiger partial charge in [0.1, 0.15) is 0 Å². The third-order valence-electron chi connectivity index (χ3n) is 2.34. The second-order valence-electron chi connectivity index (χ2n) is 3.46. The molecule has 0 saturated carbocycles. The molecular formula is C8H14N4O. The second-order valence-corrected chi connectivity index (χ2v) is 3.46. The standard InChI is InChI=1S/C8H14N4O/c1-6-10-8(11-13-6)5-12(2)7-3-9-4-7/h7,9H,3-5H2,1-2H3. The summed E-state index contributed by atoms with van der Waals surface area (Å²) >= 11 is 0. The minimum atomic E-state index is 0.624. The average Bonchev–Trinajstić information content (AvgIpc) is 2.31. The second kappa shape index (κ2) is 3.43. The molecule has 1 aromatic heterocycles. The van der Waals surface area contributed by atoms with Crippen molar-refractivity contribution in [1.82, 2.24) is 20.4 Å². The van der Waals surface area contributed by atoms with Crippen LogP contribution in [-0.2, 0) is 6.54 Å². The van der Waals surface area contributed by atoms with Gasteiger partial charge in [0.25, 0.3) is 0 Å². The Morgan fingerprint density at radius 1 is 1.62 bits per heavy atom. The number of likely N-dealkylation sites (N-methyl/N-ethyl adjacent to an activating group) is 1. The Kier molecular flexibility index (Phi) is 2.28. The van der Waals surface area contributed by atoms with E-state index in [1.807, 2.05) is 0 Å². The number of nitrogens with one attached hydrogen (secondary N) is 1. The van der Waals surface area contributed by atoms with Gasteiger partial charge in [-0.25, -0.2) is 0 Å². The fourth-order valence-electron chi connectivity index (χ4n) is 1.34. The Balaban J connectivity index is 1.89. The van der Waals surface area contributed by atoms with E-state index in [0.29, 0.717) is 11.9 Å². The number of hydrogen-bond donors (Lipinski definition) is 1. The molecule has 1 saturated heterocycles. The van der Waals surface area contributed by atoms with Gasteiger partial charge in [0, 0.05) is 26.1 Å². The highest BCUT2D eigenvalue weighted by molar-refractivity contribution is 4.88. The maximum absolute atomic E-state index is 4.89. The van der Waals surface area contributed by atoms with Gasteiger partial charge in [0.15, 0.2) is 5.82 Å². The Hall–Kier alpha value is -0.940. The molecule has 0 atom stereocenters. The van der Waals surface area contributed by atoms with Crippen LogP contribution in [-0.4, -0.2) is 41.2 Å². The molecule has 0 amide bonds. The van der Waals surface area contributed by atoms with E-state index in [1.165, 1.54) is 0 Å². The van der Waals surface area contributed by atoms with Crippen molar-refractivity contribution >= 4 is 0 Å². The van der Waals surface area contributed by atoms with Crippen LogP contribution in [0.4, 0.5) is 0 Å². The van der Waals surface area contributed by atoms with E-state index in [2.05, 4.69) is 27.4 Å². The van der Waals surface area contributed by atoms with Crippen LogP contribution in [0.3, 0.4) is 0 Å². The summed E-state index contributed by atoms with van der Waals surface area (Å²) in [7, 11) is 2.08. The van der Waals surface area contributed by atoms with Crippen molar-refractivity contribution in [2.45, 2.75) is 19.5 Å². The molecule has 0 unspecified atom stereocenters. The molecule has 0 bridgehead atoms. The van der Waals surface area contributed by atoms with E-state index >= 15 is 0 Å². The quantitative estimate of drug-likeness (QED) is 0.700. The van der Waals surface area contributed by atoms with Crippen LogP contribution in [0.15, 0.2) is 4.52 Å². The average molecular weight is 182 g/mol. The van der Waals surface area contributed by atoms with Crippen molar-refractivity contribution < 1.29 is 4.52 Å². The first-order chi connectivity index (χ1) is 6.25. The van der Waals surface area contributed by atoms with Crippen molar-refractivity contribution in [2.24, 2.45) is 0 Å². The van der Waals surface area contributed by atoms with Gasteiger partial charge in [-0.15, -0.1) is 0 Å². The largest absolute Gasteiger partial charge is 0.340 e. The summed E-state index contributed by atoms with van der Waals surface area (Å²) in [6, 6.07) is 0.624. The Morgan fingerprint density at radius 3 is 2.85 bits per heavy atom. The van der Waals surface area contributed by atoms with E-state index < -0.39 is 0 Å². The first-order valence-corrected chi connectivity index (χ1v) is 4.46. The van der Waals surface area contributed by atoms with E-state index in [-0.39, 0.29) is 0 Å². The molecule has 5 nitrogen and oxygen atoms in total. The predicted octanol–water partition coefficient (Wildman–Crippen LogP) is -0.218. The van der Waals surface area contributed by atoms with Crippen molar-refractivity contribution in [3.05, 3.63) is 11.7 Å². The summed E-state index contributed by atoms with van der Waals surface area (Å²) in [5.41, 5.74) is 0. The lowest BCUT2D eigenvalue weighted by molar-refractivity contribution is 0.168. The fourth-order valence-corrected chi connectivity index (χ4v) is 1.34. The predicted molar refractivity (Wildman–Crippen MR) is 47.2 cm³/mol. The molecule has 1 aromatic rings. The van der Waals surface area contributed by atoms with Gasteiger partial charge in [-0.3, -0.25) is 4.90 Å². The molecule has 1 aliphatic heterocycles. The molecule has 2 heterocycles. The summed E-state index contributed by atoms with van der Waals surface area (Å²) in [5, 5.41) is 7.08. The molecule has 1 N–H and O–H groups in total. The van der Waals surface area contributed by atoms with Gasteiger partial charge < -0.3 is 9.84 Å². The first-order valence-electron chi connectivity index (χ1n) is 4.46. The van der Waals surface area contributed by atoms with Gasteiger partial charge in [0.2, 0.25) is 5.89 Å². The number of nitrogens with zero attached hydrogens (tertiary/aromatic N) is 3. The summed E-state index contributed by atoms with van der Waals surface area (Å²) in [6.45, 7) is 4.70. The number of aryl methyl sites for hydroxylation is 1. The van der Waals surface area contributed by atoms with E-state index in [4.69, 9.17) is 4.52 Å². The van der Waals surface area contributed by atoms with Gasteiger partial charge in [-0.1, -0.05) is 5.16 Å². The topological polar surface area (TPSA) is 54.2 Å². The van der Waals surface area contributed by atoms with Gasteiger partial charge in [0.05, 0.1) is 6.54 Å². The number of hydrogen-bond acceptors (Lipinski definition) is 5. The summed E-state index contributed by atoms with van der Waals surface area (Å²) in [5.74, 6) is 1.40. The zero-order chi connectivity index (χ0) is 9.26. The van der Waals surface area contributed by atoms with Crippen LogP contribution in [0.25, 0.3) is 0 Å². The van der Waals surface area contributed by atoms with Crippen molar-refractivity contribution in [3.63, 3.8) is 0 Å². The Bertz CT molecular complexity index is 281. The van der Waals surface area contributed by atoms with E-state index in [9.17, 15) is 0 Å². The summed E-state index contributed by atoms with van der Waals surface area (Å²) in [4.78, 5) is 6.39. The third kappa shape index (κ3) is 1.87. The van der Waals surface area contributed by atoms with Crippen molar-refractivity contribution in [1.29, 1.82) is 0 Å². The highest BCUT2D eigenvalue weighted by Gasteiger charge is 2.22. The molecule has 1 aliphatic rings. The highest BCUT2D eigenvalue weighted by Crippen LogP contribution is 2.06. The van der Waals surface area contributed by atoms with Gasteiger partial charge >= 0.3 is 0 Å². The highest BCUT2D eigenvalue weighted by atomic mass is 16.5. The van der Waals surface area contributed by atoms with Crippen LogP contribution >= 0.6 is 0 Å². The lowest BCUT2D eigenvalue weighted by Gasteiger charge is -2.34. The molecule has 2 rings (SSSR count). The minimum absolute atomic E-state index is 0.624. The zero-order valence-corrected chi connectivity index (χ0v) is 7.95. The number of rotatable bonds is 3. The first kappa shape index (κ1) is 8.65. The molecule has 1 fully saturated rings. The van der Waals surface area contributed by atoms with Crippen LogP contribution in [0.2, 0.25) is 0 Å². The lowest BCUT2D eigenvalue weighted by Crippen LogP contribution is -2.55. The zero-order valence-electron chi connectivity index (χ0n) is 7.95. The molecule has 72 valence electrons. The monoisotopic (exact) mass is 182 g/mol. The van der Waals surface area contributed by atoms with Crippen LogP contribution in [0.1, 0.15) is 11.7 Å². The normalized spacial score (nSPS) is 17.8. The number of aromatic nitrogens is 2. The molecule has 0 spiro atoms. The van der Waals surface area contributed by atoms with Crippen molar-refractivity contribution in [2.75, 3.05) is 20.1 Å². The van der Waals surface area contributed by atoms with E-state index in [1.54, 1.807) is 6.92 Å². The molecule has 0 radical (unpaired) electrons. The van der Waals surface area contributed by atoms with E-state index in [0.717, 1.165) is 25.5 Å². The molecule has 0 aliphatic carbocycles. The lowest BCUT2D eigenvalue weighted by atomic mass is 10.1. The Labute approximate surface area is 77.1 Å². The van der Waals surface area contributed by atoms with Gasteiger partial charge in [-0.2, -0.15) is 4.98 Å². The smallest absolute Gasteiger partial charge is 0.223 e. The third-order valence-corrected chi connectivity index (χ3v) is 2.34. The summed E-state index contributed by atoms with van der Waals surface area (Å²) < 4.78 is 4.89. The molecule has 13 heavy (non-hydrogen) atoms. The Morgan fingerprint density at radius 2 is 2.38 bits per heavy atom. The molecule has 5 heteroatoms. The fraction of sp³-hybridized carbons (Fsp3) is 0.750. The molecule has 0 aromatic carbocycles. The van der Waals surface area contributed by atoms with Crippen molar-refractivity contribution in [3.8, 4) is 0 Å². The van der Waals surface area contributed by atoms with Crippen LogP contribution in [0, 0.1) is 6.92 Å². The SMILES string of the molecule is Cc1nc(CN(C)C2CNC2)no1.